The van der Waals surface area contributed by atoms with Gasteiger partial charge in [0.15, 0.2) is 0 Å². The number of esters is 1. The van der Waals surface area contributed by atoms with Crippen molar-refractivity contribution in [3.05, 3.63) is 53.1 Å². The van der Waals surface area contributed by atoms with Crippen LogP contribution in [0.5, 0.6) is 11.5 Å². The van der Waals surface area contributed by atoms with Gasteiger partial charge in [0.1, 0.15) is 11.5 Å². The number of nitrogens with zero attached hydrogens (tertiary/aromatic N) is 1. The van der Waals surface area contributed by atoms with Crippen molar-refractivity contribution in [1.29, 1.82) is 0 Å². The molecule has 0 bridgehead atoms. The van der Waals surface area contributed by atoms with E-state index in [1.54, 1.807) is 24.3 Å². The summed E-state index contributed by atoms with van der Waals surface area (Å²) < 4.78 is 42.4. The zero-order chi connectivity index (χ0) is 19.4. The summed E-state index contributed by atoms with van der Waals surface area (Å²) in [5, 5.41) is 0.106. The fourth-order valence-electron chi connectivity index (χ4n) is 2.56. The molecule has 0 atom stereocenters. The predicted molar refractivity (Wildman–Crippen MR) is 99.0 cm³/mol. The van der Waals surface area contributed by atoms with Crippen LogP contribution in [-0.4, -0.2) is 52.1 Å². The van der Waals surface area contributed by atoms with E-state index in [9.17, 15) is 13.2 Å². The number of sulfonamides is 1. The fraction of sp³-hybridized carbons (Fsp3) is 0.278. The average molecular weight is 412 g/mol. The Hall–Kier alpha value is -2.13. The number of hydrogen-bond donors (Lipinski definition) is 0. The van der Waals surface area contributed by atoms with Crippen LogP contribution in [0, 0.1) is 0 Å². The monoisotopic (exact) mass is 411 g/mol. The third-order valence-corrected chi connectivity index (χ3v) is 6.26. The van der Waals surface area contributed by atoms with Crippen molar-refractivity contribution in [2.45, 2.75) is 4.90 Å². The normalized spacial score (nSPS) is 15.3. The molecule has 1 fully saturated rings. The average Bonchev–Trinajstić information content (AvgIpc) is 2.69. The molecule has 0 saturated carbocycles. The van der Waals surface area contributed by atoms with Crippen LogP contribution >= 0.6 is 11.6 Å². The molecule has 0 aromatic heterocycles. The molecule has 7 nitrogen and oxygen atoms in total. The molecule has 3 rings (SSSR count). The van der Waals surface area contributed by atoms with Crippen LogP contribution in [0.25, 0.3) is 0 Å². The van der Waals surface area contributed by atoms with Gasteiger partial charge >= 0.3 is 5.97 Å². The molecule has 1 heterocycles. The second-order valence-electron chi connectivity index (χ2n) is 5.72. The maximum absolute atomic E-state index is 12.8. The van der Waals surface area contributed by atoms with E-state index < -0.39 is 16.0 Å². The highest BCUT2D eigenvalue weighted by molar-refractivity contribution is 7.89. The Kier molecular flexibility index (Phi) is 6.01. The van der Waals surface area contributed by atoms with Gasteiger partial charge in [-0.2, -0.15) is 4.31 Å². The van der Waals surface area contributed by atoms with Gasteiger partial charge in [-0.05, 0) is 42.5 Å². The van der Waals surface area contributed by atoms with Crippen LogP contribution in [0.3, 0.4) is 0 Å². The highest BCUT2D eigenvalue weighted by Gasteiger charge is 2.28. The van der Waals surface area contributed by atoms with E-state index in [0.29, 0.717) is 24.7 Å². The molecule has 144 valence electrons. The summed E-state index contributed by atoms with van der Waals surface area (Å²) in [7, 11) is -2.22. The molecule has 0 unspecified atom stereocenters. The Balaban J connectivity index is 1.84. The summed E-state index contributed by atoms with van der Waals surface area (Å²) in [5.74, 6) is 0.161. The second-order valence-corrected chi connectivity index (χ2v) is 8.07. The molecule has 0 amide bonds. The number of benzene rings is 2. The predicted octanol–water partition coefficient (Wildman–Crippen LogP) is 2.59. The van der Waals surface area contributed by atoms with Crippen molar-refractivity contribution < 1.29 is 27.4 Å². The van der Waals surface area contributed by atoms with Gasteiger partial charge in [0.2, 0.25) is 10.0 Å². The van der Waals surface area contributed by atoms with Crippen molar-refractivity contribution in [1.82, 2.24) is 4.31 Å². The zero-order valence-corrected chi connectivity index (χ0v) is 16.1. The van der Waals surface area contributed by atoms with Crippen molar-refractivity contribution in [2.24, 2.45) is 0 Å². The third-order valence-electron chi connectivity index (χ3n) is 4.04. The number of methoxy groups -OCH3 is 1. The van der Waals surface area contributed by atoms with Crippen LogP contribution in [0.15, 0.2) is 47.4 Å². The van der Waals surface area contributed by atoms with Gasteiger partial charge in [0, 0.05) is 13.1 Å². The van der Waals surface area contributed by atoms with E-state index in [2.05, 4.69) is 0 Å². The van der Waals surface area contributed by atoms with E-state index in [1.807, 2.05) is 0 Å². The van der Waals surface area contributed by atoms with E-state index in [1.165, 1.54) is 29.6 Å². The summed E-state index contributed by atoms with van der Waals surface area (Å²) in [6, 6.07) is 10.4. The summed E-state index contributed by atoms with van der Waals surface area (Å²) in [6.07, 6.45) is 0. The highest BCUT2D eigenvalue weighted by Crippen LogP contribution is 2.25. The Morgan fingerprint density at radius 3 is 2.33 bits per heavy atom. The largest absolute Gasteiger partial charge is 0.497 e. The fourth-order valence-corrected chi connectivity index (χ4v) is 4.19. The lowest BCUT2D eigenvalue weighted by Crippen LogP contribution is -2.40. The number of halogens is 1. The van der Waals surface area contributed by atoms with Crippen LogP contribution in [0.1, 0.15) is 10.4 Å². The summed E-state index contributed by atoms with van der Waals surface area (Å²) in [5.41, 5.74) is -0.0261. The first-order valence-electron chi connectivity index (χ1n) is 8.15. The third kappa shape index (κ3) is 4.41. The van der Waals surface area contributed by atoms with Crippen LogP contribution < -0.4 is 9.47 Å². The van der Waals surface area contributed by atoms with Gasteiger partial charge in [-0.25, -0.2) is 13.2 Å². The van der Waals surface area contributed by atoms with E-state index in [-0.39, 0.29) is 28.6 Å². The van der Waals surface area contributed by atoms with Crippen LogP contribution in [0.2, 0.25) is 5.02 Å². The number of hydrogen-bond acceptors (Lipinski definition) is 6. The summed E-state index contributed by atoms with van der Waals surface area (Å²) >= 11 is 6.09. The first kappa shape index (κ1) is 19.6. The molecular weight excluding hydrogens is 394 g/mol. The van der Waals surface area contributed by atoms with Gasteiger partial charge in [-0.3, -0.25) is 0 Å². The standard InChI is InChI=1S/C18H18ClNO6S/c1-24-13-2-4-14(5-3-13)26-18(21)16-12-15(6-7-17(16)19)27(22,23)20-8-10-25-11-9-20/h2-7,12H,8-11H2,1H3. The lowest BCUT2D eigenvalue weighted by Gasteiger charge is -2.26. The van der Waals surface area contributed by atoms with Gasteiger partial charge in [0.05, 0.1) is 35.8 Å². The van der Waals surface area contributed by atoms with Gasteiger partial charge in [-0.15, -0.1) is 0 Å². The summed E-state index contributed by atoms with van der Waals surface area (Å²) in [4.78, 5) is 12.5. The lowest BCUT2D eigenvalue weighted by molar-refractivity contribution is 0.0727. The molecule has 1 aliphatic rings. The van der Waals surface area contributed by atoms with E-state index >= 15 is 0 Å². The lowest BCUT2D eigenvalue weighted by atomic mass is 10.2. The topological polar surface area (TPSA) is 82.1 Å². The first-order chi connectivity index (χ1) is 12.9. The maximum Gasteiger partial charge on any atom is 0.345 e. The van der Waals surface area contributed by atoms with E-state index in [0.717, 1.165) is 0 Å². The molecule has 1 aliphatic heterocycles. The molecule has 0 aliphatic carbocycles. The quantitative estimate of drug-likeness (QED) is 0.555. The van der Waals surface area contributed by atoms with Crippen molar-refractivity contribution in [3.8, 4) is 11.5 Å². The molecule has 9 heteroatoms. The Morgan fingerprint density at radius 2 is 1.70 bits per heavy atom. The highest BCUT2D eigenvalue weighted by atomic mass is 35.5. The zero-order valence-electron chi connectivity index (χ0n) is 14.6. The Morgan fingerprint density at radius 1 is 1.07 bits per heavy atom. The molecule has 0 radical (unpaired) electrons. The second kappa shape index (κ2) is 8.26. The number of carbonyl (C=O) groups is 1. The molecule has 2 aromatic carbocycles. The van der Waals surface area contributed by atoms with Gasteiger partial charge in [0.25, 0.3) is 0 Å². The molecule has 2 aromatic rings. The number of ether oxygens (including phenoxy) is 3. The Labute approximate surface area is 162 Å². The first-order valence-corrected chi connectivity index (χ1v) is 9.97. The minimum Gasteiger partial charge on any atom is -0.497 e. The van der Waals surface area contributed by atoms with Gasteiger partial charge in [-0.1, -0.05) is 11.6 Å². The smallest absolute Gasteiger partial charge is 0.345 e. The van der Waals surface area contributed by atoms with Crippen LogP contribution in [0.4, 0.5) is 0 Å². The number of carbonyl (C=O) groups excluding carboxylic acids is 1. The van der Waals surface area contributed by atoms with Crippen molar-refractivity contribution in [3.63, 3.8) is 0 Å². The number of rotatable bonds is 5. The molecule has 27 heavy (non-hydrogen) atoms. The summed E-state index contributed by atoms with van der Waals surface area (Å²) in [6.45, 7) is 1.19. The minimum absolute atomic E-state index is 0.0181. The maximum atomic E-state index is 12.8. The van der Waals surface area contributed by atoms with Crippen LogP contribution in [-0.2, 0) is 14.8 Å². The molecule has 1 saturated heterocycles. The Bertz CT molecular complexity index is 923. The number of morpholine rings is 1. The molecular formula is C18H18ClNO6S. The SMILES string of the molecule is COc1ccc(OC(=O)c2cc(S(=O)(=O)N3CCOCC3)ccc2Cl)cc1. The molecule has 0 N–H and O–H groups in total. The van der Waals surface area contributed by atoms with Gasteiger partial charge < -0.3 is 14.2 Å². The van der Waals surface area contributed by atoms with Crippen molar-refractivity contribution in [2.75, 3.05) is 33.4 Å². The van der Waals surface area contributed by atoms with Crippen molar-refractivity contribution >= 4 is 27.6 Å². The minimum atomic E-state index is -3.75. The molecule has 0 spiro atoms. The van der Waals surface area contributed by atoms with E-state index in [4.69, 9.17) is 25.8 Å².